The number of piperidine rings is 1. The van der Waals surface area contributed by atoms with Gasteiger partial charge in [0.15, 0.2) is 18.1 Å². The summed E-state index contributed by atoms with van der Waals surface area (Å²) >= 11 is 0. The fourth-order valence-electron chi connectivity index (χ4n) is 3.10. The number of phenols is 1. The van der Waals surface area contributed by atoms with Crippen LogP contribution in [0.2, 0.25) is 0 Å². The molecule has 1 fully saturated rings. The van der Waals surface area contributed by atoms with Gasteiger partial charge in [0, 0.05) is 6.54 Å². The monoisotopic (exact) mass is 329 g/mol. The number of nitrogens with one attached hydrogen (secondary N) is 2. The van der Waals surface area contributed by atoms with Crippen molar-refractivity contribution in [3.05, 3.63) is 22.9 Å². The lowest BCUT2D eigenvalue weighted by atomic mass is 9.89. The summed E-state index contributed by atoms with van der Waals surface area (Å²) in [5.41, 5.74) is 2.53. The van der Waals surface area contributed by atoms with E-state index < -0.39 is 0 Å². The molecular formula is C13H20BrN3O2. The van der Waals surface area contributed by atoms with Gasteiger partial charge in [-0.2, -0.15) is 0 Å². The minimum absolute atomic E-state index is 0. The molecule has 3 N–H and O–H groups in total. The number of likely N-dealkylation sites (tertiary alicyclic amines) is 1. The molecule has 2 heterocycles. The predicted octanol–water partition coefficient (Wildman–Crippen LogP) is 1.18. The Morgan fingerprint density at radius 3 is 3.00 bits per heavy atom. The lowest BCUT2D eigenvalue weighted by molar-refractivity contribution is -0.766. The molecule has 2 aliphatic heterocycles. The molecule has 0 bridgehead atoms. The van der Waals surface area contributed by atoms with E-state index in [1.165, 1.54) is 12.0 Å². The number of rotatable bonds is 1. The first-order chi connectivity index (χ1) is 8.66. The van der Waals surface area contributed by atoms with Gasteiger partial charge in [0.1, 0.15) is 5.69 Å². The molecule has 1 aromatic carbocycles. The zero-order valence-corrected chi connectivity index (χ0v) is 12.7. The van der Waals surface area contributed by atoms with E-state index in [-0.39, 0.29) is 27.8 Å². The number of aromatic hydroxyl groups is 1. The summed E-state index contributed by atoms with van der Waals surface area (Å²) in [5.74, 6) is 0.560. The number of halogens is 1. The summed E-state index contributed by atoms with van der Waals surface area (Å²) in [7, 11) is 2.13. The number of nitrogens with zero attached hydrogens (tertiary/aromatic N) is 1. The van der Waals surface area contributed by atoms with Crippen molar-refractivity contribution in [2.75, 3.05) is 32.1 Å². The van der Waals surface area contributed by atoms with Gasteiger partial charge in [-0.1, -0.05) is 6.07 Å². The normalized spacial score (nSPS) is 26.4. The van der Waals surface area contributed by atoms with Crippen LogP contribution in [0.25, 0.3) is 0 Å². The lowest BCUT2D eigenvalue weighted by Gasteiger charge is -2.30. The summed E-state index contributed by atoms with van der Waals surface area (Å²) < 4.78 is 0. The average Bonchev–Trinajstić information content (AvgIpc) is 2.73. The first-order valence-electron chi connectivity index (χ1n) is 6.48. The second-order valence-corrected chi connectivity index (χ2v) is 5.30. The highest BCUT2D eigenvalue weighted by Gasteiger charge is 2.29. The van der Waals surface area contributed by atoms with Gasteiger partial charge in [-0.25, -0.2) is 0 Å². The van der Waals surface area contributed by atoms with Crippen LogP contribution in [0, 0.1) is 5.21 Å². The van der Waals surface area contributed by atoms with Crippen LogP contribution in [0.5, 0.6) is 5.75 Å². The van der Waals surface area contributed by atoms with Crippen LogP contribution >= 0.6 is 17.0 Å². The van der Waals surface area contributed by atoms with Crippen molar-refractivity contribution in [1.82, 2.24) is 4.90 Å². The molecule has 2 unspecified atom stereocenters. The summed E-state index contributed by atoms with van der Waals surface area (Å²) in [4.78, 5) is 2.32. The van der Waals surface area contributed by atoms with Gasteiger partial charge < -0.3 is 25.6 Å². The second-order valence-electron chi connectivity index (χ2n) is 5.30. The maximum Gasteiger partial charge on any atom is 0.198 e. The molecule has 19 heavy (non-hydrogen) atoms. The molecule has 0 saturated carbocycles. The van der Waals surface area contributed by atoms with Crippen molar-refractivity contribution in [2.24, 2.45) is 0 Å². The number of hydrogen-bond donors (Lipinski definition) is 3. The number of benzene rings is 1. The predicted molar refractivity (Wildman–Crippen MR) is 80.4 cm³/mol. The largest absolute Gasteiger partial charge is 0.627 e. The standard InChI is InChI=1S/C13H19N3O2.BrH/c1-15-6-2-3-9(7-15)10-4-5-11(17)13-12(10)14-8-16(13)18;/h4-5,9,14,16-17H,2-3,6-8H2,1H3;1H. The lowest BCUT2D eigenvalue weighted by Crippen LogP contribution is -3.01. The summed E-state index contributed by atoms with van der Waals surface area (Å²) in [6.07, 6.45) is 2.34. The molecule has 106 valence electrons. The number of likely N-dealkylation sites (N-methyl/N-ethyl adjacent to an activating group) is 1. The zero-order chi connectivity index (χ0) is 12.7. The van der Waals surface area contributed by atoms with Gasteiger partial charge in [-0.05, 0) is 44.0 Å². The molecule has 5 nitrogen and oxygen atoms in total. The molecule has 2 atom stereocenters. The van der Waals surface area contributed by atoms with E-state index in [9.17, 15) is 10.3 Å². The third-order valence-corrected chi connectivity index (χ3v) is 3.98. The number of quaternary nitrogens is 1. The Hall–Kier alpha value is -0.820. The van der Waals surface area contributed by atoms with Gasteiger partial charge in [-0.15, -0.1) is 17.0 Å². The quantitative estimate of drug-likeness (QED) is 0.534. The first kappa shape index (κ1) is 14.6. The molecule has 1 aromatic rings. The van der Waals surface area contributed by atoms with E-state index in [0.29, 0.717) is 18.3 Å². The molecule has 1 saturated heterocycles. The average molecular weight is 330 g/mol. The van der Waals surface area contributed by atoms with Gasteiger partial charge in [0.2, 0.25) is 0 Å². The van der Waals surface area contributed by atoms with Crippen molar-refractivity contribution < 1.29 is 10.2 Å². The van der Waals surface area contributed by atoms with Crippen LogP contribution in [0.4, 0.5) is 11.4 Å². The van der Waals surface area contributed by atoms with E-state index >= 15 is 0 Å². The van der Waals surface area contributed by atoms with Gasteiger partial charge >= 0.3 is 0 Å². The molecule has 6 heteroatoms. The molecule has 0 aromatic heterocycles. The molecule has 3 rings (SSSR count). The van der Waals surface area contributed by atoms with E-state index in [2.05, 4.69) is 17.3 Å². The van der Waals surface area contributed by atoms with E-state index in [1.807, 2.05) is 6.07 Å². The van der Waals surface area contributed by atoms with E-state index in [1.54, 1.807) is 6.07 Å². The molecule has 0 amide bonds. The third kappa shape index (κ3) is 2.58. The smallest absolute Gasteiger partial charge is 0.198 e. The van der Waals surface area contributed by atoms with Crippen molar-refractivity contribution in [2.45, 2.75) is 18.8 Å². The van der Waals surface area contributed by atoms with Crippen LogP contribution in [0.3, 0.4) is 0 Å². The zero-order valence-electron chi connectivity index (χ0n) is 11.0. The fourth-order valence-corrected chi connectivity index (χ4v) is 3.10. The highest BCUT2D eigenvalue weighted by Crippen LogP contribution is 2.40. The highest BCUT2D eigenvalue weighted by molar-refractivity contribution is 8.93. The Bertz CT molecular complexity index is 469. The Balaban J connectivity index is 0.00000133. The molecule has 2 aliphatic rings. The maximum atomic E-state index is 11.8. The molecule has 0 spiro atoms. The Morgan fingerprint density at radius 2 is 2.26 bits per heavy atom. The van der Waals surface area contributed by atoms with E-state index in [4.69, 9.17) is 0 Å². The van der Waals surface area contributed by atoms with Crippen LogP contribution in [0.1, 0.15) is 24.3 Å². The number of fused-ring (bicyclic) bond motifs is 1. The van der Waals surface area contributed by atoms with Crippen molar-refractivity contribution in [3.8, 4) is 5.75 Å². The summed E-state index contributed by atoms with van der Waals surface area (Å²) in [6.45, 7) is 2.47. The molecular weight excluding hydrogens is 310 g/mol. The minimum atomic E-state index is -0.00601. The summed E-state index contributed by atoms with van der Waals surface area (Å²) in [6, 6.07) is 3.62. The minimum Gasteiger partial charge on any atom is -0.627 e. The van der Waals surface area contributed by atoms with Crippen molar-refractivity contribution in [1.29, 1.82) is 0 Å². The fraction of sp³-hybridized carbons (Fsp3) is 0.538. The summed E-state index contributed by atoms with van der Waals surface area (Å²) in [5, 5.41) is 24.7. The molecule has 0 aliphatic carbocycles. The maximum absolute atomic E-state index is 11.8. The van der Waals surface area contributed by atoms with E-state index in [0.717, 1.165) is 25.2 Å². The Morgan fingerprint density at radius 1 is 1.47 bits per heavy atom. The second kappa shape index (κ2) is 5.66. The number of hydrogen-bond acceptors (Lipinski definition) is 4. The number of anilines is 1. The molecule has 0 radical (unpaired) electrons. The highest BCUT2D eigenvalue weighted by atomic mass is 79.9. The van der Waals surface area contributed by atoms with Gasteiger partial charge in [0.25, 0.3) is 0 Å². The number of hydroxylamine groups is 1. The van der Waals surface area contributed by atoms with Crippen molar-refractivity contribution in [3.63, 3.8) is 0 Å². The van der Waals surface area contributed by atoms with Crippen molar-refractivity contribution >= 4 is 28.4 Å². The Kier molecular flexibility index (Phi) is 4.35. The van der Waals surface area contributed by atoms with Gasteiger partial charge in [0.05, 0.1) is 0 Å². The van der Waals surface area contributed by atoms with Crippen LogP contribution in [-0.4, -0.2) is 36.8 Å². The van der Waals surface area contributed by atoms with Gasteiger partial charge in [-0.3, -0.25) is 0 Å². The topological polar surface area (TPSA) is 63.0 Å². The van der Waals surface area contributed by atoms with Crippen LogP contribution < -0.4 is 10.4 Å². The SMILES string of the molecule is Br.CN1CCCC(c2ccc(O)c3c2NC[NH+]3[O-])C1. The number of phenolic OH excluding ortho intramolecular Hbond substituents is 1. The van der Waals surface area contributed by atoms with Crippen LogP contribution in [0.15, 0.2) is 12.1 Å². The third-order valence-electron chi connectivity index (χ3n) is 3.98. The first-order valence-corrected chi connectivity index (χ1v) is 6.48. The van der Waals surface area contributed by atoms with Crippen LogP contribution in [-0.2, 0) is 0 Å². The Labute approximate surface area is 123 Å².